The summed E-state index contributed by atoms with van der Waals surface area (Å²) in [4.78, 5) is 13.5. The zero-order chi connectivity index (χ0) is 25.3. The van der Waals surface area contributed by atoms with E-state index in [1.165, 1.54) is 13.0 Å². The van der Waals surface area contributed by atoms with E-state index in [0.717, 1.165) is 16.8 Å². The van der Waals surface area contributed by atoms with Crippen molar-refractivity contribution in [2.45, 2.75) is 18.2 Å². The van der Waals surface area contributed by atoms with Crippen molar-refractivity contribution in [2.75, 3.05) is 31.7 Å². The van der Waals surface area contributed by atoms with Crippen molar-refractivity contribution in [1.29, 1.82) is 0 Å². The van der Waals surface area contributed by atoms with E-state index in [2.05, 4.69) is 20.0 Å². The summed E-state index contributed by atoms with van der Waals surface area (Å²) < 4.78 is 40.7. The smallest absolute Gasteiger partial charge is 0.240 e. The van der Waals surface area contributed by atoms with Gasteiger partial charge in [-0.25, -0.2) is 13.1 Å². The molecule has 5 rings (SSSR count). The van der Waals surface area contributed by atoms with Crippen molar-refractivity contribution >= 4 is 27.3 Å². The molecule has 186 valence electrons. The summed E-state index contributed by atoms with van der Waals surface area (Å²) in [6, 6.07) is 15.6. The molecule has 0 fully saturated rings. The van der Waals surface area contributed by atoms with E-state index in [-0.39, 0.29) is 24.0 Å². The molecule has 0 radical (unpaired) electrons. The average Bonchev–Trinajstić information content (AvgIpc) is 3.50. The van der Waals surface area contributed by atoms with E-state index < -0.39 is 10.0 Å². The molecule has 4 aromatic rings. The van der Waals surface area contributed by atoms with Crippen LogP contribution in [0.3, 0.4) is 0 Å². The number of hydrogen-bond donors (Lipinski definition) is 1. The van der Waals surface area contributed by atoms with Gasteiger partial charge in [-0.05, 0) is 48.4 Å². The monoisotopic (exact) mass is 508 g/mol. The fourth-order valence-electron chi connectivity index (χ4n) is 4.13. The van der Waals surface area contributed by atoms with Crippen LogP contribution >= 0.6 is 0 Å². The van der Waals surface area contributed by atoms with Gasteiger partial charge in [0, 0.05) is 31.8 Å². The lowest BCUT2D eigenvalue weighted by atomic mass is 10.2. The van der Waals surface area contributed by atoms with Gasteiger partial charge >= 0.3 is 0 Å². The number of methoxy groups -OCH3 is 1. The Bertz CT molecular complexity index is 1550. The molecule has 1 aliphatic heterocycles. The van der Waals surface area contributed by atoms with Gasteiger partial charge in [0.15, 0.2) is 11.5 Å². The minimum atomic E-state index is -3.74. The molecule has 1 aliphatic rings. The molecule has 0 saturated carbocycles. The molecule has 1 N–H and O–H groups in total. The molecule has 36 heavy (non-hydrogen) atoms. The molecule has 1 amide bonds. The molecule has 0 unspecified atom stereocenters. The molecule has 12 heteroatoms. The molecule has 11 nitrogen and oxygen atoms in total. The van der Waals surface area contributed by atoms with Gasteiger partial charge in [0.25, 0.3) is 0 Å². The minimum absolute atomic E-state index is 0.0419. The number of sulfonamides is 1. The van der Waals surface area contributed by atoms with E-state index in [0.29, 0.717) is 36.1 Å². The molecule has 0 bridgehead atoms. The first-order valence-corrected chi connectivity index (χ1v) is 12.7. The number of carbonyl (C=O) groups excluding carboxylic acids is 1. The second-order valence-corrected chi connectivity index (χ2v) is 9.89. The fourth-order valence-corrected chi connectivity index (χ4v) is 5.20. The maximum absolute atomic E-state index is 12.8. The lowest BCUT2D eigenvalue weighted by molar-refractivity contribution is -0.116. The van der Waals surface area contributed by atoms with E-state index in [4.69, 9.17) is 9.47 Å². The minimum Gasteiger partial charge on any atom is -0.496 e. The topological polar surface area (TPSA) is 128 Å². The van der Waals surface area contributed by atoms with E-state index >= 15 is 0 Å². The highest BCUT2D eigenvalue weighted by atomic mass is 32.2. The van der Waals surface area contributed by atoms with Crippen molar-refractivity contribution in [3.05, 3.63) is 60.2 Å². The fraction of sp³-hybridized carbons (Fsp3) is 0.250. The Labute approximate surface area is 207 Å². The van der Waals surface area contributed by atoms with Gasteiger partial charge in [-0.3, -0.25) is 4.79 Å². The number of amides is 1. The maximum Gasteiger partial charge on any atom is 0.240 e. The normalized spacial score (nSPS) is 13.1. The molecular formula is C24H24N6O5S. The van der Waals surface area contributed by atoms with Gasteiger partial charge in [-0.2, -0.15) is 4.52 Å². The third-order valence-electron chi connectivity index (χ3n) is 5.87. The number of fused-ring (bicyclic) bond motifs is 2. The Hall–Kier alpha value is -4.03. The lowest BCUT2D eigenvalue weighted by Crippen LogP contribution is -2.28. The highest BCUT2D eigenvalue weighted by molar-refractivity contribution is 7.89. The van der Waals surface area contributed by atoms with Gasteiger partial charge in [0.1, 0.15) is 12.4 Å². The standard InChI is InChI=1S/C24H24N6O5S/c1-16(31)29-13-11-17-15-18(7-8-20(17)29)36(32,33)25-12-14-35-23-10-9-22-26-27-24(30(22)28-23)19-5-3-4-6-21(19)34-2/h3-10,15,25H,11-14H2,1-2H3. The van der Waals surface area contributed by atoms with Gasteiger partial charge in [-0.15, -0.1) is 15.3 Å². The number of para-hydroxylation sites is 1. The molecule has 0 spiro atoms. The largest absolute Gasteiger partial charge is 0.496 e. The second-order valence-electron chi connectivity index (χ2n) is 8.12. The van der Waals surface area contributed by atoms with Crippen molar-refractivity contribution < 1.29 is 22.7 Å². The Morgan fingerprint density at radius 2 is 1.94 bits per heavy atom. The van der Waals surface area contributed by atoms with Gasteiger partial charge in [0.2, 0.25) is 21.8 Å². The van der Waals surface area contributed by atoms with Gasteiger partial charge in [-0.1, -0.05) is 12.1 Å². The number of rotatable bonds is 8. The first kappa shape index (κ1) is 23.7. The predicted molar refractivity (Wildman–Crippen MR) is 132 cm³/mol. The molecule has 3 heterocycles. The van der Waals surface area contributed by atoms with Crippen LogP contribution in [0.2, 0.25) is 0 Å². The summed E-state index contributed by atoms with van der Waals surface area (Å²) in [5, 5.41) is 12.8. The third kappa shape index (κ3) is 4.48. The number of anilines is 1. The van der Waals surface area contributed by atoms with Crippen LogP contribution < -0.4 is 19.1 Å². The average molecular weight is 509 g/mol. The molecule has 2 aromatic heterocycles. The second kappa shape index (κ2) is 9.55. The van der Waals surface area contributed by atoms with Crippen LogP contribution in [0.4, 0.5) is 5.69 Å². The Morgan fingerprint density at radius 3 is 2.75 bits per heavy atom. The van der Waals surface area contributed by atoms with E-state index in [9.17, 15) is 13.2 Å². The first-order valence-electron chi connectivity index (χ1n) is 11.3. The van der Waals surface area contributed by atoms with Gasteiger partial charge in [0.05, 0.1) is 17.6 Å². The zero-order valence-electron chi connectivity index (χ0n) is 19.7. The van der Waals surface area contributed by atoms with Crippen LogP contribution in [0, 0.1) is 0 Å². The summed E-state index contributed by atoms with van der Waals surface area (Å²) in [5.74, 6) is 1.36. The number of hydrogen-bond acceptors (Lipinski definition) is 8. The predicted octanol–water partition coefficient (Wildman–Crippen LogP) is 2.07. The quantitative estimate of drug-likeness (QED) is 0.358. The molecule has 2 aromatic carbocycles. The maximum atomic E-state index is 12.8. The summed E-state index contributed by atoms with van der Waals surface area (Å²) in [6.07, 6.45) is 0.621. The number of ether oxygens (including phenoxy) is 2. The van der Waals surface area contributed by atoms with E-state index in [1.54, 1.807) is 40.8 Å². The highest BCUT2D eigenvalue weighted by Gasteiger charge is 2.24. The zero-order valence-corrected chi connectivity index (χ0v) is 20.5. The summed E-state index contributed by atoms with van der Waals surface area (Å²) in [7, 11) is -2.17. The lowest BCUT2D eigenvalue weighted by Gasteiger charge is -2.15. The number of aromatic nitrogens is 4. The summed E-state index contributed by atoms with van der Waals surface area (Å²) >= 11 is 0. The van der Waals surface area contributed by atoms with Crippen molar-refractivity contribution in [3.63, 3.8) is 0 Å². The van der Waals surface area contributed by atoms with E-state index in [1.807, 2.05) is 24.3 Å². The van der Waals surface area contributed by atoms with Crippen LogP contribution in [0.1, 0.15) is 12.5 Å². The van der Waals surface area contributed by atoms with Crippen molar-refractivity contribution in [3.8, 4) is 23.0 Å². The van der Waals surface area contributed by atoms with Crippen molar-refractivity contribution in [1.82, 2.24) is 24.5 Å². The Kier molecular flexibility index (Phi) is 6.29. The van der Waals surface area contributed by atoms with Crippen LogP contribution in [0.25, 0.3) is 17.0 Å². The Balaban J connectivity index is 1.25. The molecule has 0 aliphatic carbocycles. The summed E-state index contributed by atoms with van der Waals surface area (Å²) in [5.41, 5.74) is 2.85. The summed E-state index contributed by atoms with van der Waals surface area (Å²) in [6.45, 7) is 2.15. The Morgan fingerprint density at radius 1 is 1.11 bits per heavy atom. The number of nitrogens with zero attached hydrogens (tertiary/aromatic N) is 5. The molecule has 0 atom stereocenters. The number of nitrogens with one attached hydrogen (secondary N) is 1. The first-order chi connectivity index (χ1) is 17.4. The molecular weight excluding hydrogens is 484 g/mol. The highest BCUT2D eigenvalue weighted by Crippen LogP contribution is 2.30. The SMILES string of the molecule is COc1ccccc1-c1nnc2ccc(OCCNS(=O)(=O)c3ccc4c(c3)CCN4C(C)=O)nn12. The number of carbonyl (C=O) groups is 1. The van der Waals surface area contributed by atoms with Crippen LogP contribution in [-0.2, 0) is 21.2 Å². The van der Waals surface area contributed by atoms with Crippen molar-refractivity contribution in [2.24, 2.45) is 0 Å². The number of benzene rings is 2. The van der Waals surface area contributed by atoms with Gasteiger partial charge < -0.3 is 14.4 Å². The van der Waals surface area contributed by atoms with Crippen LogP contribution in [-0.4, -0.2) is 60.9 Å². The third-order valence-corrected chi connectivity index (χ3v) is 7.33. The van der Waals surface area contributed by atoms with Crippen LogP contribution in [0.15, 0.2) is 59.5 Å². The molecule has 0 saturated heterocycles. The van der Waals surface area contributed by atoms with Crippen LogP contribution in [0.5, 0.6) is 11.6 Å².